The maximum absolute atomic E-state index is 10.5. The van der Waals surface area contributed by atoms with Gasteiger partial charge in [-0.25, -0.2) is 0 Å². The summed E-state index contributed by atoms with van der Waals surface area (Å²) >= 11 is 0. The van der Waals surface area contributed by atoms with Crippen LogP contribution < -0.4 is 109 Å². The van der Waals surface area contributed by atoms with Crippen LogP contribution in [0.4, 0.5) is 0 Å². The van der Waals surface area contributed by atoms with E-state index in [1.807, 2.05) is 0 Å². The van der Waals surface area contributed by atoms with Gasteiger partial charge in [-0.2, -0.15) is 0 Å². The number of aliphatic hydroxyl groups is 1. The normalized spacial score (nSPS) is 17.5. The van der Waals surface area contributed by atoms with Gasteiger partial charge in [-0.1, -0.05) is 0 Å². The minimum Gasteiger partial charge on any atom is -0.808 e. The first-order valence-electron chi connectivity index (χ1n) is 3.55. The maximum atomic E-state index is 10.5. The summed E-state index contributed by atoms with van der Waals surface area (Å²) in [6.07, 6.45) is -1.16. The van der Waals surface area contributed by atoms with Crippen molar-refractivity contribution in [2.75, 3.05) is 6.54 Å². The van der Waals surface area contributed by atoms with Crippen LogP contribution in [0.25, 0.3) is 0 Å². The molecule has 0 heterocycles. The van der Waals surface area contributed by atoms with Crippen molar-refractivity contribution >= 4 is 15.2 Å². The van der Waals surface area contributed by atoms with Crippen LogP contribution in [0.5, 0.6) is 0 Å². The number of rotatable bonds is 5. The average molecular weight is 315 g/mol. The van der Waals surface area contributed by atoms with Gasteiger partial charge < -0.3 is 39.5 Å². The molecule has 0 spiro atoms. The zero-order valence-electron chi connectivity index (χ0n) is 10.0. The summed E-state index contributed by atoms with van der Waals surface area (Å²) < 4.78 is 21.0. The summed E-state index contributed by atoms with van der Waals surface area (Å²) in [5.41, 5.74) is 4.94. The molecule has 2 atom stereocenters. The van der Waals surface area contributed by atoms with Gasteiger partial charge in [0.25, 0.3) is 0 Å². The second kappa shape index (κ2) is 10.9. The van der Waals surface area contributed by atoms with Crippen LogP contribution in [0.3, 0.4) is 0 Å². The Morgan fingerprint density at radius 3 is 1.65 bits per heavy atom. The minimum absolute atomic E-state index is 0. The molecule has 0 fully saturated rings. The van der Waals surface area contributed by atoms with Crippen molar-refractivity contribution in [3.63, 3.8) is 0 Å². The van der Waals surface area contributed by atoms with Crippen LogP contribution in [0.1, 0.15) is 12.8 Å². The van der Waals surface area contributed by atoms with Crippen LogP contribution in [0, 0.1) is 0 Å². The van der Waals surface area contributed by atoms with Crippen molar-refractivity contribution in [3.05, 3.63) is 0 Å². The Hall–Kier alpha value is 3.22. The average Bonchev–Trinajstić information content (AvgIpc) is 1.95. The van der Waals surface area contributed by atoms with Crippen molar-refractivity contribution in [1.82, 2.24) is 0 Å². The van der Waals surface area contributed by atoms with Crippen molar-refractivity contribution in [1.29, 1.82) is 0 Å². The van der Waals surface area contributed by atoms with Crippen molar-refractivity contribution in [3.8, 4) is 0 Å². The summed E-state index contributed by atoms with van der Waals surface area (Å²) in [7, 11) is -11.5. The molecule has 0 aliphatic heterocycles. The molecule has 0 amide bonds. The summed E-state index contributed by atoms with van der Waals surface area (Å²) in [5, 5.41) is 5.39. The molecular weight excluding hydrogens is 305 g/mol. The van der Waals surface area contributed by atoms with Crippen molar-refractivity contribution < 1.29 is 122 Å². The number of hydrogen-bond donors (Lipinski definition) is 3. The third-order valence-electron chi connectivity index (χ3n) is 1.61. The summed E-state index contributed by atoms with van der Waals surface area (Å²) in [6.45, 7) is -0.123. The molecule has 2 unspecified atom stereocenters. The smallest absolute Gasteiger partial charge is 0.808 e. The van der Waals surface area contributed by atoms with E-state index in [4.69, 9.17) is 15.7 Å². The fourth-order valence-corrected chi connectivity index (χ4v) is 2.88. The molecule has 0 saturated heterocycles. The van der Waals surface area contributed by atoms with Crippen LogP contribution in [-0.2, 0) is 9.13 Å². The third kappa shape index (κ3) is 8.29. The molecule has 0 aromatic heterocycles. The minimum atomic E-state index is -5.86. The number of hydrogen-bond acceptors (Lipinski definition) is 7. The van der Waals surface area contributed by atoms with E-state index in [-0.39, 0.29) is 102 Å². The molecule has 17 heavy (non-hydrogen) atoms. The van der Waals surface area contributed by atoms with Gasteiger partial charge in [-0.3, -0.25) is 0 Å². The van der Waals surface area contributed by atoms with Crippen LogP contribution in [-0.4, -0.2) is 21.6 Å². The molecule has 0 aromatic rings. The van der Waals surface area contributed by atoms with E-state index < -0.39 is 26.7 Å². The predicted molar refractivity (Wildman–Crippen MR) is 40.7 cm³/mol. The van der Waals surface area contributed by atoms with Gasteiger partial charge in [0.2, 0.25) is 0 Å². The fourth-order valence-electron chi connectivity index (χ4n) is 0.772. The predicted octanol–water partition coefficient (Wildman–Crippen LogP) is -12.2. The first-order chi connectivity index (χ1) is 6.06. The van der Waals surface area contributed by atoms with Gasteiger partial charge in [0.1, 0.15) is 0 Å². The Bertz CT molecular complexity index is 269. The van der Waals surface area contributed by atoms with Gasteiger partial charge in [0, 0.05) is 0 Å². The zero-order valence-corrected chi connectivity index (χ0v) is 17.8. The molecule has 0 radical (unpaired) electrons. The molecule has 13 heteroatoms. The molecule has 0 rings (SSSR count). The largest absolute Gasteiger partial charge is 1.00 e. The maximum Gasteiger partial charge on any atom is 1.00 e. The second-order valence-corrected chi connectivity index (χ2v) is 6.55. The SMILES string of the molecule is NCCCC(O)(P(=O)([O-])[O-])P(=O)([O-])O.[Na+].[Na+].[Na+]. The third-order valence-corrected chi connectivity index (χ3v) is 5.33. The van der Waals surface area contributed by atoms with Crippen molar-refractivity contribution in [2.24, 2.45) is 5.73 Å². The summed E-state index contributed by atoms with van der Waals surface area (Å²) in [6, 6.07) is 0. The summed E-state index contributed by atoms with van der Waals surface area (Å²) in [4.78, 5) is 39.9. The standard InChI is InChI=1S/C4H13NO7P2.3Na/c5-3-1-2-4(6,13(7,8)9)14(10,11)12;;;/h6H,1-3,5H2,(H2,7,8,9)(H2,10,11,12);;;/q;3*+1/p-3. The first kappa shape index (κ1) is 28.4. The van der Waals surface area contributed by atoms with Crippen molar-refractivity contribution in [2.45, 2.75) is 17.9 Å². The first-order valence-corrected chi connectivity index (χ1v) is 6.67. The molecule has 4 N–H and O–H groups in total. The molecule has 0 aliphatic carbocycles. The molecular formula is C4H10NNa3O7P2. The van der Waals surface area contributed by atoms with Crippen LogP contribution in [0.15, 0.2) is 0 Å². The van der Waals surface area contributed by atoms with Gasteiger partial charge in [0.05, 0.1) is 0 Å². The Morgan fingerprint density at radius 2 is 1.47 bits per heavy atom. The zero-order chi connectivity index (χ0) is 11.6. The van der Waals surface area contributed by atoms with E-state index in [0.717, 1.165) is 0 Å². The van der Waals surface area contributed by atoms with Gasteiger partial charge in [-0.15, -0.1) is 0 Å². The molecule has 86 valence electrons. The van der Waals surface area contributed by atoms with Gasteiger partial charge >= 0.3 is 88.7 Å². The van der Waals surface area contributed by atoms with Crippen LogP contribution in [0.2, 0.25) is 0 Å². The van der Waals surface area contributed by atoms with Gasteiger partial charge in [0.15, 0.2) is 12.7 Å². The second-order valence-electron chi connectivity index (χ2n) is 2.68. The molecule has 0 saturated carbocycles. The van der Waals surface area contributed by atoms with Gasteiger partial charge in [-0.05, 0) is 27.0 Å². The Morgan fingerprint density at radius 1 is 1.12 bits per heavy atom. The fraction of sp³-hybridized carbons (Fsp3) is 1.00. The summed E-state index contributed by atoms with van der Waals surface area (Å²) in [5.74, 6) is 0. The Kier molecular flexibility index (Phi) is 18.2. The van der Waals surface area contributed by atoms with Crippen LogP contribution >= 0.6 is 15.2 Å². The molecule has 8 nitrogen and oxygen atoms in total. The number of nitrogens with two attached hydrogens (primary N) is 1. The molecule has 0 bridgehead atoms. The van der Waals surface area contributed by atoms with E-state index in [9.17, 15) is 23.8 Å². The molecule has 0 aliphatic rings. The van der Waals surface area contributed by atoms with E-state index in [0.29, 0.717) is 0 Å². The van der Waals surface area contributed by atoms with E-state index >= 15 is 0 Å². The van der Waals surface area contributed by atoms with E-state index in [1.165, 1.54) is 0 Å². The topological polar surface area (TPSA) is 170 Å². The Labute approximate surface area is 165 Å². The monoisotopic (exact) mass is 315 g/mol. The quantitative estimate of drug-likeness (QED) is 0.331. The Balaban J connectivity index is -0.000000282. The van der Waals surface area contributed by atoms with E-state index in [2.05, 4.69) is 0 Å². The molecule has 0 aromatic carbocycles. The van der Waals surface area contributed by atoms with E-state index in [1.54, 1.807) is 0 Å².